The van der Waals surface area contributed by atoms with E-state index >= 15 is 0 Å². The Morgan fingerprint density at radius 3 is 2.41 bits per heavy atom. The van der Waals surface area contributed by atoms with E-state index < -0.39 is 0 Å². The van der Waals surface area contributed by atoms with Crippen LogP contribution in [0.1, 0.15) is 28.3 Å². The molecular weight excluding hydrogens is 268 g/mol. The van der Waals surface area contributed by atoms with Crippen molar-refractivity contribution < 1.29 is 0 Å². The quantitative estimate of drug-likeness (QED) is 0.772. The second-order valence-corrected chi connectivity index (χ2v) is 6.14. The zero-order valence-corrected chi connectivity index (χ0v) is 13.6. The summed E-state index contributed by atoms with van der Waals surface area (Å²) in [6.07, 6.45) is 0.998. The van der Waals surface area contributed by atoms with Gasteiger partial charge in [0.25, 0.3) is 0 Å². The highest BCUT2D eigenvalue weighted by atomic mass is 14.9. The third-order valence-corrected chi connectivity index (χ3v) is 4.87. The van der Waals surface area contributed by atoms with E-state index in [0.29, 0.717) is 12.5 Å². The summed E-state index contributed by atoms with van der Waals surface area (Å²) in [7, 11) is 2.14. The minimum Gasteiger partial charge on any atom is -0.348 e. The van der Waals surface area contributed by atoms with Crippen molar-refractivity contribution in [1.82, 2.24) is 4.57 Å². The van der Waals surface area contributed by atoms with E-state index in [1.54, 1.807) is 0 Å². The van der Waals surface area contributed by atoms with Crippen molar-refractivity contribution in [2.45, 2.75) is 26.2 Å². The van der Waals surface area contributed by atoms with Crippen molar-refractivity contribution in [3.8, 4) is 0 Å². The zero-order valence-electron chi connectivity index (χ0n) is 13.6. The zero-order chi connectivity index (χ0) is 15.7. The van der Waals surface area contributed by atoms with Gasteiger partial charge in [0, 0.05) is 29.6 Å². The molecule has 1 unspecified atom stereocenters. The summed E-state index contributed by atoms with van der Waals surface area (Å²) in [5.74, 6) is 0.354. The number of aromatic nitrogens is 1. The first-order valence-electron chi connectivity index (χ1n) is 7.92. The molecular formula is C20H24N2. The molecule has 3 aromatic rings. The molecule has 2 aromatic carbocycles. The van der Waals surface area contributed by atoms with E-state index in [1.807, 2.05) is 0 Å². The Labute approximate surface area is 132 Å². The molecule has 2 nitrogen and oxygen atoms in total. The molecule has 114 valence electrons. The van der Waals surface area contributed by atoms with Gasteiger partial charge in [-0.15, -0.1) is 0 Å². The summed E-state index contributed by atoms with van der Waals surface area (Å²) < 4.78 is 2.28. The Morgan fingerprint density at radius 1 is 1.00 bits per heavy atom. The number of nitrogens with zero attached hydrogens (tertiary/aromatic N) is 1. The second kappa shape index (κ2) is 5.98. The van der Waals surface area contributed by atoms with Gasteiger partial charge in [-0.1, -0.05) is 42.5 Å². The number of para-hydroxylation sites is 1. The molecule has 0 aliphatic rings. The van der Waals surface area contributed by atoms with Crippen LogP contribution in [-0.2, 0) is 13.5 Å². The van der Waals surface area contributed by atoms with Crippen LogP contribution >= 0.6 is 0 Å². The van der Waals surface area contributed by atoms with E-state index in [2.05, 4.69) is 74.0 Å². The van der Waals surface area contributed by atoms with Crippen molar-refractivity contribution in [3.05, 3.63) is 70.9 Å². The van der Waals surface area contributed by atoms with E-state index in [9.17, 15) is 0 Å². The summed E-state index contributed by atoms with van der Waals surface area (Å²) in [5, 5.41) is 1.34. The number of hydrogen-bond acceptors (Lipinski definition) is 1. The smallest absolute Gasteiger partial charge is 0.0482 e. The Hall–Kier alpha value is -2.06. The number of benzene rings is 2. The average molecular weight is 292 g/mol. The lowest BCUT2D eigenvalue weighted by atomic mass is 9.88. The van der Waals surface area contributed by atoms with E-state index in [4.69, 9.17) is 5.73 Å². The third-order valence-electron chi connectivity index (χ3n) is 4.87. The van der Waals surface area contributed by atoms with E-state index in [0.717, 1.165) is 6.42 Å². The van der Waals surface area contributed by atoms with Crippen LogP contribution in [0, 0.1) is 13.8 Å². The summed E-state index contributed by atoms with van der Waals surface area (Å²) in [4.78, 5) is 0. The SMILES string of the molecule is Cc1ccccc1CC(CN)c1c(C)n(C)c2ccccc12. The van der Waals surface area contributed by atoms with Crippen LogP contribution in [0.2, 0.25) is 0 Å². The normalized spacial score (nSPS) is 12.7. The maximum absolute atomic E-state index is 6.16. The highest BCUT2D eigenvalue weighted by Crippen LogP contribution is 2.33. The maximum Gasteiger partial charge on any atom is 0.0482 e. The Balaban J connectivity index is 2.08. The van der Waals surface area contributed by atoms with Gasteiger partial charge >= 0.3 is 0 Å². The van der Waals surface area contributed by atoms with Crippen molar-refractivity contribution in [2.75, 3.05) is 6.54 Å². The molecule has 0 saturated carbocycles. The Bertz CT molecular complexity index is 799. The summed E-state index contributed by atoms with van der Waals surface area (Å²) >= 11 is 0. The maximum atomic E-state index is 6.16. The third kappa shape index (κ3) is 2.44. The number of rotatable bonds is 4. The minimum absolute atomic E-state index is 0.354. The molecule has 0 saturated heterocycles. The van der Waals surface area contributed by atoms with E-state index in [-0.39, 0.29) is 0 Å². The van der Waals surface area contributed by atoms with Crippen LogP contribution in [0.15, 0.2) is 48.5 Å². The molecule has 2 N–H and O–H groups in total. The lowest BCUT2D eigenvalue weighted by Gasteiger charge is -2.17. The Morgan fingerprint density at radius 2 is 1.68 bits per heavy atom. The highest BCUT2D eigenvalue weighted by molar-refractivity contribution is 5.86. The molecule has 2 heteroatoms. The first kappa shape index (κ1) is 14.9. The van der Waals surface area contributed by atoms with Crippen molar-refractivity contribution >= 4 is 10.9 Å². The van der Waals surface area contributed by atoms with Crippen LogP contribution in [0.4, 0.5) is 0 Å². The lowest BCUT2D eigenvalue weighted by Crippen LogP contribution is -2.16. The molecule has 3 rings (SSSR count). The van der Waals surface area contributed by atoms with Crippen LogP contribution in [0.3, 0.4) is 0 Å². The molecule has 0 radical (unpaired) electrons. The average Bonchev–Trinajstić information content (AvgIpc) is 2.79. The standard InChI is InChI=1S/C20H24N2/c1-14-8-4-5-9-16(14)12-17(13-21)20-15(2)22(3)19-11-7-6-10-18(19)20/h4-11,17H,12-13,21H2,1-3H3. The first-order chi connectivity index (χ1) is 10.6. The van der Waals surface area contributed by atoms with Crippen molar-refractivity contribution in [3.63, 3.8) is 0 Å². The van der Waals surface area contributed by atoms with Crippen molar-refractivity contribution in [2.24, 2.45) is 12.8 Å². The summed E-state index contributed by atoms with van der Waals surface area (Å²) in [6.45, 7) is 5.05. The second-order valence-electron chi connectivity index (χ2n) is 6.14. The molecule has 0 amide bonds. The van der Waals surface area contributed by atoms with Gasteiger partial charge in [-0.3, -0.25) is 0 Å². The fourth-order valence-electron chi connectivity index (χ4n) is 3.47. The lowest BCUT2D eigenvalue weighted by molar-refractivity contribution is 0.686. The van der Waals surface area contributed by atoms with Gasteiger partial charge in [0.1, 0.15) is 0 Å². The number of fused-ring (bicyclic) bond motifs is 1. The largest absolute Gasteiger partial charge is 0.348 e. The predicted octanol–water partition coefficient (Wildman–Crippen LogP) is 4.08. The molecule has 0 fully saturated rings. The molecule has 0 aliphatic heterocycles. The van der Waals surface area contributed by atoms with Gasteiger partial charge in [-0.2, -0.15) is 0 Å². The molecule has 1 heterocycles. The molecule has 1 atom stereocenters. The summed E-state index contributed by atoms with van der Waals surface area (Å²) in [5.41, 5.74) is 12.9. The van der Waals surface area contributed by atoms with Gasteiger partial charge in [0.05, 0.1) is 0 Å². The minimum atomic E-state index is 0.354. The first-order valence-corrected chi connectivity index (χ1v) is 7.92. The van der Waals surface area contributed by atoms with Crippen LogP contribution in [-0.4, -0.2) is 11.1 Å². The van der Waals surface area contributed by atoms with E-state index in [1.165, 1.54) is 33.3 Å². The molecule has 1 aromatic heterocycles. The van der Waals surface area contributed by atoms with Crippen LogP contribution in [0.5, 0.6) is 0 Å². The number of nitrogens with two attached hydrogens (primary N) is 1. The monoisotopic (exact) mass is 292 g/mol. The number of aryl methyl sites for hydroxylation is 2. The van der Waals surface area contributed by atoms with Gasteiger partial charge in [0.15, 0.2) is 0 Å². The molecule has 22 heavy (non-hydrogen) atoms. The van der Waals surface area contributed by atoms with Gasteiger partial charge in [-0.05, 0) is 49.6 Å². The predicted molar refractivity (Wildman–Crippen MR) is 94.3 cm³/mol. The highest BCUT2D eigenvalue weighted by Gasteiger charge is 2.20. The van der Waals surface area contributed by atoms with Crippen molar-refractivity contribution in [1.29, 1.82) is 0 Å². The molecule has 0 bridgehead atoms. The molecule has 0 spiro atoms. The fraction of sp³-hybridized carbons (Fsp3) is 0.300. The number of hydrogen-bond donors (Lipinski definition) is 1. The topological polar surface area (TPSA) is 30.9 Å². The van der Waals surface area contributed by atoms with Crippen LogP contribution < -0.4 is 5.73 Å². The van der Waals surface area contributed by atoms with Gasteiger partial charge in [0.2, 0.25) is 0 Å². The van der Waals surface area contributed by atoms with Gasteiger partial charge in [-0.25, -0.2) is 0 Å². The Kier molecular flexibility index (Phi) is 4.04. The molecule has 0 aliphatic carbocycles. The van der Waals surface area contributed by atoms with Gasteiger partial charge < -0.3 is 10.3 Å². The summed E-state index contributed by atoms with van der Waals surface area (Å²) in [6, 6.07) is 17.2. The van der Waals surface area contributed by atoms with Crippen LogP contribution in [0.25, 0.3) is 10.9 Å². The fourth-order valence-corrected chi connectivity index (χ4v) is 3.47.